The number of aldehydes is 1. The molecular formula is C14H24O3. The van der Waals surface area contributed by atoms with E-state index in [0.29, 0.717) is 31.3 Å². The van der Waals surface area contributed by atoms with Crippen LogP contribution in [0.25, 0.3) is 0 Å². The molecule has 0 aliphatic heterocycles. The van der Waals surface area contributed by atoms with Crippen molar-refractivity contribution >= 4 is 12.3 Å². The zero-order valence-electron chi connectivity index (χ0n) is 10.8. The maximum absolute atomic E-state index is 11.0. The summed E-state index contributed by atoms with van der Waals surface area (Å²) in [6.07, 6.45) is 9.28. The average molecular weight is 240 g/mol. The third-order valence-electron chi connectivity index (χ3n) is 3.76. The predicted octanol–water partition coefficient (Wildman–Crippen LogP) is 3.12. The molecule has 0 radical (unpaired) electrons. The Morgan fingerprint density at radius 2 is 2.06 bits per heavy atom. The number of hydrogen-bond acceptors (Lipinski definition) is 3. The number of esters is 1. The monoisotopic (exact) mass is 240 g/mol. The Bertz CT molecular complexity index is 232. The highest BCUT2D eigenvalue weighted by molar-refractivity contribution is 5.68. The van der Waals surface area contributed by atoms with E-state index in [9.17, 15) is 9.59 Å². The summed E-state index contributed by atoms with van der Waals surface area (Å²) in [7, 11) is 0. The number of carbonyl (C=O) groups excluding carboxylic acids is 2. The highest BCUT2D eigenvalue weighted by atomic mass is 16.5. The summed E-state index contributed by atoms with van der Waals surface area (Å²) >= 11 is 0. The quantitative estimate of drug-likeness (QED) is 0.507. The van der Waals surface area contributed by atoms with Crippen LogP contribution < -0.4 is 0 Å². The van der Waals surface area contributed by atoms with Crippen molar-refractivity contribution < 1.29 is 14.3 Å². The summed E-state index contributed by atoms with van der Waals surface area (Å²) in [6.45, 7) is 2.27. The Labute approximate surface area is 104 Å². The second kappa shape index (κ2) is 8.26. The number of rotatable bonds is 7. The van der Waals surface area contributed by atoms with Crippen molar-refractivity contribution in [2.75, 3.05) is 6.61 Å². The van der Waals surface area contributed by atoms with Gasteiger partial charge in [-0.15, -0.1) is 0 Å². The molecule has 0 saturated heterocycles. The van der Waals surface area contributed by atoms with Gasteiger partial charge in [0, 0.05) is 12.8 Å². The predicted molar refractivity (Wildman–Crippen MR) is 66.6 cm³/mol. The van der Waals surface area contributed by atoms with Crippen molar-refractivity contribution in [3.63, 3.8) is 0 Å². The largest absolute Gasteiger partial charge is 0.466 e. The van der Waals surface area contributed by atoms with E-state index < -0.39 is 0 Å². The molecule has 1 saturated carbocycles. The van der Waals surface area contributed by atoms with Crippen LogP contribution in [0.3, 0.4) is 0 Å². The van der Waals surface area contributed by atoms with Gasteiger partial charge in [0.25, 0.3) is 0 Å². The molecule has 17 heavy (non-hydrogen) atoms. The molecule has 98 valence electrons. The fraction of sp³-hybridized carbons (Fsp3) is 0.857. The minimum Gasteiger partial charge on any atom is -0.466 e. The third kappa shape index (κ3) is 5.33. The summed E-state index contributed by atoms with van der Waals surface area (Å²) < 4.78 is 5.10. The maximum atomic E-state index is 11.0. The van der Waals surface area contributed by atoms with Crippen LogP contribution in [0, 0.1) is 11.8 Å². The molecule has 0 N–H and O–H groups in total. The molecule has 0 aromatic carbocycles. The van der Waals surface area contributed by atoms with Gasteiger partial charge in [-0.3, -0.25) is 4.79 Å². The first kappa shape index (κ1) is 14.2. The highest BCUT2D eigenvalue weighted by Gasteiger charge is 2.23. The molecule has 3 nitrogen and oxygen atoms in total. The molecule has 0 amide bonds. The van der Waals surface area contributed by atoms with Crippen LogP contribution in [-0.2, 0) is 14.3 Å². The first-order chi connectivity index (χ1) is 8.27. The van der Waals surface area contributed by atoms with Crippen molar-refractivity contribution in [3.8, 4) is 0 Å². The fourth-order valence-electron chi connectivity index (χ4n) is 2.70. The van der Waals surface area contributed by atoms with Gasteiger partial charge in [-0.2, -0.15) is 0 Å². The van der Waals surface area contributed by atoms with Gasteiger partial charge in [-0.25, -0.2) is 0 Å². The van der Waals surface area contributed by atoms with Crippen molar-refractivity contribution in [2.24, 2.45) is 11.8 Å². The summed E-state index contributed by atoms with van der Waals surface area (Å²) in [6, 6.07) is 0. The molecule has 0 aromatic heterocycles. The van der Waals surface area contributed by atoms with Crippen LogP contribution in [0.4, 0.5) is 0 Å². The Morgan fingerprint density at radius 3 is 2.65 bits per heavy atom. The molecular weight excluding hydrogens is 216 g/mol. The Kier molecular flexibility index (Phi) is 6.90. The second-order valence-electron chi connectivity index (χ2n) is 4.92. The topological polar surface area (TPSA) is 43.4 Å². The summed E-state index contributed by atoms with van der Waals surface area (Å²) in [4.78, 5) is 21.7. The van der Waals surface area contributed by atoms with Gasteiger partial charge in [0.2, 0.25) is 0 Å². The van der Waals surface area contributed by atoms with E-state index in [1.807, 2.05) is 0 Å². The normalized spacial score (nSPS) is 18.6. The molecule has 0 bridgehead atoms. The Balaban J connectivity index is 2.31. The van der Waals surface area contributed by atoms with Crippen LogP contribution >= 0.6 is 0 Å². The fourth-order valence-corrected chi connectivity index (χ4v) is 2.70. The lowest BCUT2D eigenvalue weighted by Gasteiger charge is -2.29. The molecule has 1 rings (SSSR count). The summed E-state index contributed by atoms with van der Waals surface area (Å²) in [5.74, 6) is 0.935. The number of ether oxygens (including phenoxy) is 1. The lowest BCUT2D eigenvalue weighted by atomic mass is 9.77. The molecule has 1 atom stereocenters. The Morgan fingerprint density at radius 1 is 1.35 bits per heavy atom. The summed E-state index contributed by atoms with van der Waals surface area (Å²) in [5.41, 5.74) is 0. The van der Waals surface area contributed by atoms with Gasteiger partial charge in [0.1, 0.15) is 6.29 Å². The van der Waals surface area contributed by atoms with E-state index in [1.54, 1.807) is 6.92 Å². The molecule has 3 heteroatoms. The number of hydrogen-bond donors (Lipinski definition) is 0. The maximum Gasteiger partial charge on any atom is 0.305 e. The van der Waals surface area contributed by atoms with Gasteiger partial charge >= 0.3 is 5.97 Å². The van der Waals surface area contributed by atoms with E-state index in [-0.39, 0.29) is 5.97 Å². The second-order valence-corrected chi connectivity index (χ2v) is 4.92. The van der Waals surface area contributed by atoms with Crippen molar-refractivity contribution in [1.29, 1.82) is 0 Å². The van der Waals surface area contributed by atoms with Gasteiger partial charge in [-0.05, 0) is 18.3 Å². The lowest BCUT2D eigenvalue weighted by molar-refractivity contribution is -0.143. The molecule has 1 unspecified atom stereocenters. The van der Waals surface area contributed by atoms with Crippen molar-refractivity contribution in [2.45, 2.75) is 58.3 Å². The smallest absolute Gasteiger partial charge is 0.305 e. The molecule has 1 aliphatic carbocycles. The van der Waals surface area contributed by atoms with Crippen LogP contribution in [0.5, 0.6) is 0 Å². The van der Waals surface area contributed by atoms with E-state index in [4.69, 9.17) is 4.74 Å². The molecule has 1 fully saturated rings. The Hall–Kier alpha value is -0.860. The zero-order chi connectivity index (χ0) is 12.5. The third-order valence-corrected chi connectivity index (χ3v) is 3.76. The standard InChI is InChI=1S/C14H24O3/c1-2-14(16)17-11-9-13(8-10-15)12-6-4-3-5-7-12/h10,12-13H,2-9,11H2,1H3. The van der Waals surface area contributed by atoms with E-state index in [1.165, 1.54) is 32.1 Å². The van der Waals surface area contributed by atoms with Gasteiger partial charge in [0.05, 0.1) is 6.61 Å². The van der Waals surface area contributed by atoms with Gasteiger partial charge < -0.3 is 9.53 Å². The SMILES string of the molecule is CCC(=O)OCCC(CC=O)C1CCCCC1. The highest BCUT2D eigenvalue weighted by Crippen LogP contribution is 2.33. The molecule has 0 aromatic rings. The van der Waals surface area contributed by atoms with Crippen molar-refractivity contribution in [3.05, 3.63) is 0 Å². The van der Waals surface area contributed by atoms with Gasteiger partial charge in [0.15, 0.2) is 0 Å². The van der Waals surface area contributed by atoms with E-state index >= 15 is 0 Å². The minimum atomic E-state index is -0.140. The first-order valence-corrected chi connectivity index (χ1v) is 6.87. The average Bonchev–Trinajstić information content (AvgIpc) is 2.38. The number of carbonyl (C=O) groups is 2. The zero-order valence-corrected chi connectivity index (χ0v) is 10.8. The van der Waals surface area contributed by atoms with Crippen LogP contribution in [-0.4, -0.2) is 18.9 Å². The van der Waals surface area contributed by atoms with E-state index in [0.717, 1.165) is 12.7 Å². The van der Waals surface area contributed by atoms with Crippen LogP contribution in [0.2, 0.25) is 0 Å². The van der Waals surface area contributed by atoms with Crippen LogP contribution in [0.1, 0.15) is 58.3 Å². The van der Waals surface area contributed by atoms with E-state index in [2.05, 4.69) is 0 Å². The van der Waals surface area contributed by atoms with Crippen molar-refractivity contribution in [1.82, 2.24) is 0 Å². The molecule has 0 heterocycles. The lowest BCUT2D eigenvalue weighted by Crippen LogP contribution is -2.20. The first-order valence-electron chi connectivity index (χ1n) is 6.87. The molecule has 0 spiro atoms. The summed E-state index contributed by atoms with van der Waals surface area (Å²) in [5, 5.41) is 0. The molecule has 1 aliphatic rings. The van der Waals surface area contributed by atoms with Crippen LogP contribution in [0.15, 0.2) is 0 Å². The van der Waals surface area contributed by atoms with Gasteiger partial charge in [-0.1, -0.05) is 39.0 Å². The minimum absolute atomic E-state index is 0.140.